The number of para-hydroxylation sites is 1. The van der Waals surface area contributed by atoms with Crippen molar-refractivity contribution in [3.8, 4) is 44.7 Å². The lowest BCUT2D eigenvalue weighted by Gasteiger charge is -2.29. The van der Waals surface area contributed by atoms with Gasteiger partial charge >= 0.3 is 0 Å². The maximum absolute atomic E-state index is 6.36. The van der Waals surface area contributed by atoms with Crippen molar-refractivity contribution in [3.05, 3.63) is 212 Å². The van der Waals surface area contributed by atoms with Crippen molar-refractivity contribution in [2.45, 2.75) is 0 Å². The summed E-state index contributed by atoms with van der Waals surface area (Å²) in [5.41, 5.74) is 12.2. The molecule has 0 radical (unpaired) electrons. The van der Waals surface area contributed by atoms with Crippen molar-refractivity contribution in [3.63, 3.8) is 0 Å². The Kier molecular flexibility index (Phi) is 7.85. The molecule has 2 nitrogen and oxygen atoms in total. The molecule has 0 saturated heterocycles. The van der Waals surface area contributed by atoms with Gasteiger partial charge in [-0.25, -0.2) is 0 Å². The molecule has 0 saturated carbocycles. The lowest BCUT2D eigenvalue weighted by Crippen LogP contribution is -2.11. The molecule has 0 N–H and O–H groups in total. The Morgan fingerprint density at radius 2 is 0.870 bits per heavy atom. The minimum atomic E-state index is 0.867. The summed E-state index contributed by atoms with van der Waals surface area (Å²) in [5.74, 6) is 0.867. The SMILES string of the molecule is c1ccc(-c2cc(-c3ccccc3)cc(N(c3ccc(-c4ccccc4-c4cc5ccccc5o4)cc3)c3cc4ccccc4c4ccccc34)c2)cc1. The molecule has 0 aliphatic heterocycles. The minimum absolute atomic E-state index is 0.867. The molecule has 254 valence electrons. The summed E-state index contributed by atoms with van der Waals surface area (Å²) in [4.78, 5) is 2.43. The van der Waals surface area contributed by atoms with Gasteiger partial charge in [-0.2, -0.15) is 0 Å². The van der Waals surface area contributed by atoms with E-state index in [1.54, 1.807) is 0 Å². The van der Waals surface area contributed by atoms with Crippen LogP contribution in [0.15, 0.2) is 217 Å². The van der Waals surface area contributed by atoms with Crippen LogP contribution in [0.3, 0.4) is 0 Å². The van der Waals surface area contributed by atoms with Crippen molar-refractivity contribution in [2.24, 2.45) is 0 Å². The predicted molar refractivity (Wildman–Crippen MR) is 228 cm³/mol. The monoisotopic (exact) mass is 689 g/mol. The first-order valence-electron chi connectivity index (χ1n) is 18.4. The molecule has 1 heterocycles. The molecule has 0 aliphatic carbocycles. The first-order chi connectivity index (χ1) is 26.8. The highest BCUT2D eigenvalue weighted by atomic mass is 16.3. The predicted octanol–water partition coefficient (Wildman–Crippen LogP) is 14.9. The number of nitrogens with zero attached hydrogens (tertiary/aromatic N) is 1. The molecule has 0 atom stereocenters. The fraction of sp³-hybridized carbons (Fsp3) is 0. The van der Waals surface area contributed by atoms with Crippen LogP contribution in [0, 0.1) is 0 Å². The van der Waals surface area contributed by atoms with E-state index < -0.39 is 0 Å². The molecule has 0 amide bonds. The second-order valence-corrected chi connectivity index (χ2v) is 13.7. The number of hydrogen-bond acceptors (Lipinski definition) is 2. The van der Waals surface area contributed by atoms with Crippen molar-refractivity contribution in [1.29, 1.82) is 0 Å². The molecule has 10 aromatic rings. The second kappa shape index (κ2) is 13.4. The van der Waals surface area contributed by atoms with Gasteiger partial charge in [-0.1, -0.05) is 164 Å². The minimum Gasteiger partial charge on any atom is -0.456 e. The van der Waals surface area contributed by atoms with Crippen LogP contribution in [0.25, 0.3) is 77.2 Å². The Balaban J connectivity index is 1.19. The lowest BCUT2D eigenvalue weighted by atomic mass is 9.95. The molecule has 1 aromatic heterocycles. The van der Waals surface area contributed by atoms with Gasteiger partial charge in [0.2, 0.25) is 0 Å². The van der Waals surface area contributed by atoms with Crippen LogP contribution in [0.1, 0.15) is 0 Å². The molecular formula is C52H35NO. The Hall–Kier alpha value is -7.16. The summed E-state index contributed by atoms with van der Waals surface area (Å²) < 4.78 is 6.36. The van der Waals surface area contributed by atoms with E-state index in [4.69, 9.17) is 4.42 Å². The standard InChI is InChI=1S/C52H35NO/c1-3-15-36(16-4-1)41-31-42(37-17-5-2-6-18-37)33-44(32-41)53(50-34-39-19-7-9-22-46(39)47-23-11-12-24-48(47)50)43-29-27-38(28-30-43)45-21-10-13-25-49(45)52-35-40-20-8-14-26-51(40)54-52/h1-35H. The summed E-state index contributed by atoms with van der Waals surface area (Å²) in [7, 11) is 0. The fourth-order valence-corrected chi connectivity index (χ4v) is 7.84. The van der Waals surface area contributed by atoms with Gasteiger partial charge in [0.25, 0.3) is 0 Å². The lowest BCUT2D eigenvalue weighted by molar-refractivity contribution is 0.632. The Labute approximate surface area is 314 Å². The van der Waals surface area contributed by atoms with E-state index in [1.165, 1.54) is 43.8 Å². The van der Waals surface area contributed by atoms with Gasteiger partial charge in [-0.3, -0.25) is 0 Å². The zero-order valence-corrected chi connectivity index (χ0v) is 29.6. The van der Waals surface area contributed by atoms with Crippen molar-refractivity contribution in [1.82, 2.24) is 0 Å². The normalized spacial score (nSPS) is 11.3. The summed E-state index contributed by atoms with van der Waals surface area (Å²) in [6.45, 7) is 0. The Bertz CT molecular complexity index is 2830. The van der Waals surface area contributed by atoms with Gasteiger partial charge in [0.1, 0.15) is 11.3 Å². The molecule has 10 rings (SSSR count). The van der Waals surface area contributed by atoms with E-state index in [-0.39, 0.29) is 0 Å². The molecule has 2 heteroatoms. The van der Waals surface area contributed by atoms with Gasteiger partial charge in [0, 0.05) is 27.7 Å². The Morgan fingerprint density at radius 1 is 0.315 bits per heavy atom. The van der Waals surface area contributed by atoms with Crippen LogP contribution in [-0.4, -0.2) is 0 Å². The topological polar surface area (TPSA) is 16.4 Å². The van der Waals surface area contributed by atoms with Crippen LogP contribution < -0.4 is 4.90 Å². The van der Waals surface area contributed by atoms with Gasteiger partial charge in [0.15, 0.2) is 0 Å². The smallest absolute Gasteiger partial charge is 0.136 e. The van der Waals surface area contributed by atoms with Crippen LogP contribution >= 0.6 is 0 Å². The molecule has 0 spiro atoms. The van der Waals surface area contributed by atoms with E-state index >= 15 is 0 Å². The maximum atomic E-state index is 6.36. The van der Waals surface area contributed by atoms with E-state index in [2.05, 4.69) is 205 Å². The first kappa shape index (κ1) is 31.6. The number of hydrogen-bond donors (Lipinski definition) is 0. The van der Waals surface area contributed by atoms with E-state index in [9.17, 15) is 0 Å². The highest BCUT2D eigenvalue weighted by Gasteiger charge is 2.20. The highest BCUT2D eigenvalue weighted by Crippen LogP contribution is 2.45. The molecular weight excluding hydrogens is 655 g/mol. The fourth-order valence-electron chi connectivity index (χ4n) is 7.84. The summed E-state index contributed by atoms with van der Waals surface area (Å²) >= 11 is 0. The summed E-state index contributed by atoms with van der Waals surface area (Å²) in [5, 5.41) is 5.98. The average Bonchev–Trinajstić information content (AvgIpc) is 3.69. The number of anilines is 3. The van der Waals surface area contributed by atoms with Gasteiger partial charge in [-0.15, -0.1) is 0 Å². The third kappa shape index (κ3) is 5.71. The third-order valence-corrected chi connectivity index (χ3v) is 10.4. The second-order valence-electron chi connectivity index (χ2n) is 13.7. The molecule has 9 aromatic carbocycles. The molecule has 0 unspecified atom stereocenters. The van der Waals surface area contributed by atoms with Crippen LogP contribution in [0.2, 0.25) is 0 Å². The van der Waals surface area contributed by atoms with Crippen molar-refractivity contribution >= 4 is 49.6 Å². The van der Waals surface area contributed by atoms with E-state index in [1.807, 2.05) is 12.1 Å². The molecule has 0 aliphatic rings. The van der Waals surface area contributed by atoms with Gasteiger partial charge in [0.05, 0.1) is 5.69 Å². The first-order valence-corrected chi connectivity index (χ1v) is 18.4. The number of fused-ring (bicyclic) bond motifs is 4. The Morgan fingerprint density at radius 3 is 1.56 bits per heavy atom. The molecule has 54 heavy (non-hydrogen) atoms. The maximum Gasteiger partial charge on any atom is 0.136 e. The van der Waals surface area contributed by atoms with Crippen molar-refractivity contribution < 1.29 is 4.42 Å². The van der Waals surface area contributed by atoms with Crippen LogP contribution in [-0.2, 0) is 0 Å². The quantitative estimate of drug-likeness (QED) is 0.155. The van der Waals surface area contributed by atoms with Crippen molar-refractivity contribution in [2.75, 3.05) is 4.90 Å². The summed E-state index contributed by atoms with van der Waals surface area (Å²) in [6.07, 6.45) is 0. The zero-order valence-electron chi connectivity index (χ0n) is 29.6. The van der Waals surface area contributed by atoms with Crippen LogP contribution in [0.5, 0.6) is 0 Å². The number of benzene rings is 9. The van der Waals surface area contributed by atoms with Gasteiger partial charge in [-0.05, 0) is 98.1 Å². The third-order valence-electron chi connectivity index (χ3n) is 10.4. The number of rotatable bonds is 7. The van der Waals surface area contributed by atoms with Crippen LogP contribution in [0.4, 0.5) is 17.1 Å². The number of furan rings is 1. The molecule has 0 bridgehead atoms. The largest absolute Gasteiger partial charge is 0.456 e. The zero-order chi connectivity index (χ0) is 35.8. The highest BCUT2D eigenvalue weighted by molar-refractivity contribution is 6.14. The van der Waals surface area contributed by atoms with E-state index in [0.29, 0.717) is 0 Å². The average molecular weight is 690 g/mol. The molecule has 0 fully saturated rings. The van der Waals surface area contributed by atoms with Gasteiger partial charge < -0.3 is 9.32 Å². The summed E-state index contributed by atoms with van der Waals surface area (Å²) in [6, 6.07) is 76.0. The van der Waals surface area contributed by atoms with E-state index in [0.717, 1.165) is 50.5 Å².